The van der Waals surface area contributed by atoms with E-state index in [-0.39, 0.29) is 12.5 Å². The summed E-state index contributed by atoms with van der Waals surface area (Å²) in [4.78, 5) is 24.4. The third kappa shape index (κ3) is 3.20. The fourth-order valence-corrected chi connectivity index (χ4v) is 3.51. The van der Waals surface area contributed by atoms with Crippen molar-refractivity contribution in [2.24, 2.45) is 5.92 Å². The first kappa shape index (κ1) is 15.0. The average molecular weight is 299 g/mol. The molecule has 7 heteroatoms. The van der Waals surface area contributed by atoms with Gasteiger partial charge >= 0.3 is 14.1 Å². The fourth-order valence-electron chi connectivity index (χ4n) is 1.81. The Labute approximate surface area is 118 Å². The molecule has 1 aromatic rings. The van der Waals surface area contributed by atoms with Crippen LogP contribution in [0.3, 0.4) is 0 Å². The van der Waals surface area contributed by atoms with Gasteiger partial charge in [-0.2, -0.15) is 0 Å². The predicted molar refractivity (Wildman–Crippen MR) is 73.0 cm³/mol. The minimum absolute atomic E-state index is 0.115. The molecule has 1 aliphatic rings. The van der Waals surface area contributed by atoms with Crippen molar-refractivity contribution in [1.29, 1.82) is 0 Å². The van der Waals surface area contributed by atoms with Crippen LogP contribution in [0.25, 0.3) is 0 Å². The van der Waals surface area contributed by atoms with Gasteiger partial charge in [0.1, 0.15) is 6.04 Å². The second kappa shape index (κ2) is 5.95. The lowest BCUT2D eigenvalue weighted by Crippen LogP contribution is -2.46. The molecule has 1 aliphatic heterocycles. The highest BCUT2D eigenvalue weighted by atomic mass is 31.2. The maximum absolute atomic E-state index is 12.5. The normalized spacial score (nSPS) is 17.1. The van der Waals surface area contributed by atoms with Gasteiger partial charge in [0.15, 0.2) is 0 Å². The number of carbonyl (C=O) groups is 1. The van der Waals surface area contributed by atoms with Crippen LogP contribution in [0, 0.1) is 5.92 Å². The smallest absolute Gasteiger partial charge is 0.410 e. The van der Waals surface area contributed by atoms with Crippen molar-refractivity contribution in [3.8, 4) is 11.5 Å². The van der Waals surface area contributed by atoms with Gasteiger partial charge < -0.3 is 9.63 Å². The number of hydrogen-bond acceptors (Lipinski definition) is 6. The molecule has 0 fully saturated rings. The summed E-state index contributed by atoms with van der Waals surface area (Å²) in [7, 11) is -3.59. The molecule has 0 radical (unpaired) electrons. The zero-order valence-electron chi connectivity index (χ0n) is 11.7. The van der Waals surface area contributed by atoms with Crippen molar-refractivity contribution in [2.45, 2.75) is 26.8 Å². The highest BCUT2D eigenvalue weighted by Crippen LogP contribution is 2.58. The summed E-state index contributed by atoms with van der Waals surface area (Å²) in [5.74, 6) is 0.209. The molecule has 0 spiro atoms. The SMILES string of the molecule is CCOC(=O)[C@@H](N[P+]1([O-])Oc2ccccc2O1)C(C)C. The number of ether oxygens (including phenoxy) is 1. The Morgan fingerprint density at radius 2 is 1.90 bits per heavy atom. The van der Waals surface area contributed by atoms with Crippen molar-refractivity contribution in [3.05, 3.63) is 24.3 Å². The molecule has 0 bridgehead atoms. The minimum atomic E-state index is -3.59. The average Bonchev–Trinajstić information content (AvgIpc) is 2.72. The van der Waals surface area contributed by atoms with Crippen LogP contribution in [0.15, 0.2) is 24.3 Å². The third-order valence-electron chi connectivity index (χ3n) is 2.79. The molecule has 110 valence electrons. The summed E-state index contributed by atoms with van der Waals surface area (Å²) in [6.07, 6.45) is 0. The summed E-state index contributed by atoms with van der Waals surface area (Å²) >= 11 is 0. The largest absolute Gasteiger partial charge is 0.601 e. The molecular formula is C13H18NO5P. The van der Waals surface area contributed by atoms with Crippen LogP contribution < -0.4 is 19.0 Å². The van der Waals surface area contributed by atoms with Crippen molar-refractivity contribution < 1.29 is 23.5 Å². The summed E-state index contributed by atoms with van der Waals surface area (Å²) in [5.41, 5.74) is 0. The van der Waals surface area contributed by atoms with Crippen molar-refractivity contribution in [2.75, 3.05) is 6.61 Å². The molecule has 1 N–H and O–H groups in total. The van der Waals surface area contributed by atoms with E-state index >= 15 is 0 Å². The quantitative estimate of drug-likeness (QED) is 0.658. The van der Waals surface area contributed by atoms with Crippen LogP contribution in [0.4, 0.5) is 0 Å². The number of para-hydroxylation sites is 2. The van der Waals surface area contributed by atoms with E-state index in [2.05, 4.69) is 5.09 Å². The van der Waals surface area contributed by atoms with E-state index in [1.54, 1.807) is 31.2 Å². The summed E-state index contributed by atoms with van der Waals surface area (Å²) < 4.78 is 15.6. The van der Waals surface area contributed by atoms with Crippen LogP contribution in [0.2, 0.25) is 0 Å². The molecule has 1 heterocycles. The number of rotatable bonds is 5. The molecule has 2 rings (SSSR count). The van der Waals surface area contributed by atoms with E-state index < -0.39 is 20.1 Å². The highest BCUT2D eigenvalue weighted by Gasteiger charge is 2.46. The number of esters is 1. The van der Waals surface area contributed by atoms with Gasteiger partial charge in [-0.3, -0.25) is 13.8 Å². The Bertz CT molecular complexity index is 468. The highest BCUT2D eigenvalue weighted by molar-refractivity contribution is 7.58. The van der Waals surface area contributed by atoms with E-state index in [1.807, 2.05) is 13.8 Å². The molecule has 0 amide bonds. The second-order valence-electron chi connectivity index (χ2n) is 4.73. The van der Waals surface area contributed by atoms with Gasteiger partial charge in [-0.1, -0.05) is 26.0 Å². The molecule has 0 saturated heterocycles. The Morgan fingerprint density at radius 1 is 1.35 bits per heavy atom. The van der Waals surface area contributed by atoms with Gasteiger partial charge in [-0.05, 0) is 25.0 Å². The molecule has 6 nitrogen and oxygen atoms in total. The maximum atomic E-state index is 12.5. The number of carbonyl (C=O) groups excluding carboxylic acids is 1. The Morgan fingerprint density at radius 3 is 2.35 bits per heavy atom. The molecule has 0 unspecified atom stereocenters. The van der Waals surface area contributed by atoms with Crippen LogP contribution in [0.5, 0.6) is 11.5 Å². The van der Waals surface area contributed by atoms with Gasteiger partial charge in [0.2, 0.25) is 11.5 Å². The first-order valence-corrected chi connectivity index (χ1v) is 8.02. The number of benzene rings is 1. The molecule has 0 aliphatic carbocycles. The Kier molecular flexibility index (Phi) is 4.48. The summed E-state index contributed by atoms with van der Waals surface area (Å²) in [6.45, 7) is 5.62. The van der Waals surface area contributed by atoms with Gasteiger partial charge in [0, 0.05) is 0 Å². The maximum Gasteiger partial charge on any atom is 0.410 e. The standard InChI is InChI=1S/C13H18NO5P/c1-4-17-13(15)12(9(2)3)14-20(16)18-10-7-5-6-8-11(10)19-20/h5-9,12H,4H2,1-3H3,(H,14,16)/t12-/m0/s1. The van der Waals surface area contributed by atoms with Crippen LogP contribution in [-0.4, -0.2) is 18.6 Å². The number of nitrogens with one attached hydrogen (secondary N) is 1. The molecular weight excluding hydrogens is 281 g/mol. The van der Waals surface area contributed by atoms with Crippen molar-refractivity contribution >= 4 is 14.1 Å². The van der Waals surface area contributed by atoms with Crippen molar-refractivity contribution in [3.63, 3.8) is 0 Å². The van der Waals surface area contributed by atoms with E-state index in [0.717, 1.165) is 0 Å². The molecule has 0 aromatic heterocycles. The second-order valence-corrected chi connectivity index (χ2v) is 6.35. The topological polar surface area (TPSA) is 79.9 Å². The number of fused-ring (bicyclic) bond motifs is 1. The molecule has 0 saturated carbocycles. The lowest BCUT2D eigenvalue weighted by molar-refractivity contribution is -0.205. The van der Waals surface area contributed by atoms with Crippen LogP contribution in [-0.2, 0) is 9.53 Å². The zero-order valence-corrected chi connectivity index (χ0v) is 12.6. The van der Waals surface area contributed by atoms with E-state index in [1.165, 1.54) is 0 Å². The lowest BCUT2D eigenvalue weighted by atomic mass is 10.1. The summed E-state index contributed by atoms with van der Waals surface area (Å²) in [6, 6.07) is 6.07. The monoisotopic (exact) mass is 299 g/mol. The van der Waals surface area contributed by atoms with E-state index in [9.17, 15) is 9.69 Å². The molecule has 20 heavy (non-hydrogen) atoms. The Hall–Kier alpha value is -1.36. The number of hydrogen-bond donors (Lipinski definition) is 1. The van der Waals surface area contributed by atoms with Gasteiger partial charge in [0.25, 0.3) is 0 Å². The van der Waals surface area contributed by atoms with Gasteiger partial charge in [0.05, 0.1) is 6.61 Å². The summed E-state index contributed by atoms with van der Waals surface area (Å²) in [5, 5.41) is 2.66. The van der Waals surface area contributed by atoms with Gasteiger partial charge in [-0.15, -0.1) is 5.09 Å². The molecule has 1 atom stereocenters. The first-order valence-electron chi connectivity index (χ1n) is 6.48. The van der Waals surface area contributed by atoms with Crippen LogP contribution in [0.1, 0.15) is 20.8 Å². The van der Waals surface area contributed by atoms with E-state index in [0.29, 0.717) is 11.5 Å². The van der Waals surface area contributed by atoms with Crippen LogP contribution >= 0.6 is 8.09 Å². The minimum Gasteiger partial charge on any atom is -0.601 e. The van der Waals surface area contributed by atoms with Gasteiger partial charge in [-0.25, -0.2) is 0 Å². The first-order chi connectivity index (χ1) is 9.45. The third-order valence-corrected chi connectivity index (χ3v) is 4.26. The predicted octanol–water partition coefficient (Wildman–Crippen LogP) is 1.67. The fraction of sp³-hybridized carbons (Fsp3) is 0.462. The van der Waals surface area contributed by atoms with Crippen molar-refractivity contribution in [1.82, 2.24) is 5.09 Å². The zero-order chi connectivity index (χ0) is 14.8. The Balaban J connectivity index is 2.10. The lowest BCUT2D eigenvalue weighted by Gasteiger charge is -2.26. The molecule has 1 aromatic carbocycles. The van der Waals surface area contributed by atoms with E-state index in [4.69, 9.17) is 13.8 Å².